The summed E-state index contributed by atoms with van der Waals surface area (Å²) < 4.78 is 19.2. The van der Waals surface area contributed by atoms with Gasteiger partial charge in [0.05, 0.1) is 0 Å². The first-order chi connectivity index (χ1) is 10.2. The average Bonchev–Trinajstić information content (AvgIpc) is 2.38. The maximum atomic E-state index is 11.3. The summed E-state index contributed by atoms with van der Waals surface area (Å²) in [4.78, 5) is 33.4. The van der Waals surface area contributed by atoms with E-state index in [4.69, 9.17) is 18.9 Å². The van der Waals surface area contributed by atoms with Crippen LogP contribution in [0.15, 0.2) is 0 Å². The topological polar surface area (TPSA) is 112 Å². The lowest BCUT2D eigenvalue weighted by molar-refractivity contribution is -0.212. The van der Waals surface area contributed by atoms with E-state index in [1.807, 2.05) is 6.07 Å². The van der Waals surface area contributed by atoms with E-state index in [0.717, 1.165) is 0 Å². The van der Waals surface area contributed by atoms with Gasteiger partial charge in [-0.2, -0.15) is 5.26 Å². The molecule has 0 aromatic rings. The fourth-order valence-corrected chi connectivity index (χ4v) is 2.59. The van der Waals surface area contributed by atoms with Crippen LogP contribution in [0.3, 0.4) is 0 Å². The van der Waals surface area contributed by atoms with Crippen LogP contribution in [0.5, 0.6) is 0 Å². The zero-order chi connectivity index (χ0) is 16.9. The molecule has 0 saturated carbocycles. The Bertz CT molecular complexity index is 503. The minimum atomic E-state index is -1.44. The minimum Gasteiger partial charge on any atom is -0.463 e. The van der Waals surface area contributed by atoms with Crippen LogP contribution >= 0.6 is 15.9 Å². The number of nitriles is 1. The maximum absolute atomic E-state index is 11.3. The number of hydrogen-bond donors (Lipinski definition) is 0. The second kappa shape index (κ2) is 7.56. The van der Waals surface area contributed by atoms with Crippen LogP contribution in [0.2, 0.25) is 0 Å². The van der Waals surface area contributed by atoms with Gasteiger partial charge in [0.1, 0.15) is 24.9 Å². The largest absolute Gasteiger partial charge is 0.463 e. The van der Waals surface area contributed by atoms with Crippen LogP contribution in [0.4, 0.5) is 0 Å². The Morgan fingerprint density at radius 3 is 2.27 bits per heavy atom. The molecule has 9 heteroatoms. The molecule has 8 nitrogen and oxygen atoms in total. The minimum absolute atomic E-state index is 0.0440. The Labute approximate surface area is 135 Å². The van der Waals surface area contributed by atoms with Crippen LogP contribution in [-0.2, 0) is 33.3 Å². The molecule has 0 amide bonds. The van der Waals surface area contributed by atoms with Crippen molar-refractivity contribution in [2.45, 2.75) is 50.0 Å². The third-order valence-electron chi connectivity index (χ3n) is 2.77. The monoisotopic (exact) mass is 377 g/mol. The summed E-state index contributed by atoms with van der Waals surface area (Å²) in [5, 5.41) is 9.19. The van der Waals surface area contributed by atoms with Crippen molar-refractivity contribution in [1.29, 1.82) is 5.26 Å². The lowest BCUT2D eigenvalue weighted by atomic mass is 9.98. The van der Waals surface area contributed by atoms with Gasteiger partial charge in [-0.1, -0.05) is 0 Å². The van der Waals surface area contributed by atoms with Gasteiger partial charge in [-0.15, -0.1) is 0 Å². The molecule has 0 bridgehead atoms. The smallest absolute Gasteiger partial charge is 0.303 e. The first-order valence-corrected chi connectivity index (χ1v) is 7.22. The van der Waals surface area contributed by atoms with E-state index in [9.17, 15) is 19.6 Å². The van der Waals surface area contributed by atoms with Crippen LogP contribution in [-0.4, -0.2) is 47.3 Å². The van der Waals surface area contributed by atoms with Gasteiger partial charge >= 0.3 is 17.9 Å². The highest BCUT2D eigenvalue weighted by molar-refractivity contribution is 9.10. The van der Waals surface area contributed by atoms with Gasteiger partial charge in [-0.25, -0.2) is 0 Å². The Kier molecular flexibility index (Phi) is 6.32. The first kappa shape index (κ1) is 18.4. The SMILES string of the molecule is CC(=O)OC[C@H]1O[C@@](Br)(C#N)C[C@@H](OC(C)=O)[C@H]1OC(C)=O. The molecule has 22 heavy (non-hydrogen) atoms. The molecule has 0 aromatic heterocycles. The van der Waals surface area contributed by atoms with E-state index >= 15 is 0 Å². The van der Waals surface area contributed by atoms with Crippen LogP contribution < -0.4 is 0 Å². The van der Waals surface area contributed by atoms with Crippen LogP contribution in [0.1, 0.15) is 27.2 Å². The van der Waals surface area contributed by atoms with Crippen molar-refractivity contribution in [1.82, 2.24) is 0 Å². The Hall–Kier alpha value is -1.66. The molecule has 4 atom stereocenters. The van der Waals surface area contributed by atoms with E-state index in [1.54, 1.807) is 0 Å². The molecule has 0 aliphatic carbocycles. The molecule has 0 radical (unpaired) electrons. The number of carbonyl (C=O) groups is 3. The van der Waals surface area contributed by atoms with Gasteiger partial charge in [-0.05, 0) is 15.9 Å². The molecule has 1 fully saturated rings. The highest BCUT2D eigenvalue weighted by atomic mass is 79.9. The van der Waals surface area contributed by atoms with E-state index < -0.39 is 40.7 Å². The number of alkyl halides is 1. The highest BCUT2D eigenvalue weighted by Crippen LogP contribution is 2.37. The summed E-state index contributed by atoms with van der Waals surface area (Å²) >= 11 is 3.11. The lowest BCUT2D eigenvalue weighted by Gasteiger charge is -2.41. The predicted molar refractivity (Wildman–Crippen MR) is 74.5 cm³/mol. The lowest BCUT2D eigenvalue weighted by Crippen LogP contribution is -2.56. The van der Waals surface area contributed by atoms with E-state index in [1.165, 1.54) is 20.8 Å². The zero-order valence-corrected chi connectivity index (χ0v) is 13.9. The number of rotatable bonds is 4. The van der Waals surface area contributed by atoms with Crippen LogP contribution in [0.25, 0.3) is 0 Å². The third kappa shape index (κ3) is 5.27. The maximum Gasteiger partial charge on any atom is 0.303 e. The highest BCUT2D eigenvalue weighted by Gasteiger charge is 2.50. The van der Waals surface area contributed by atoms with Crippen LogP contribution in [0, 0.1) is 11.3 Å². The van der Waals surface area contributed by atoms with Crippen molar-refractivity contribution in [2.24, 2.45) is 0 Å². The summed E-state index contributed by atoms with van der Waals surface area (Å²) in [6.45, 7) is 3.34. The predicted octanol–water partition coefficient (Wildman–Crippen LogP) is 0.817. The Morgan fingerprint density at radius 2 is 1.82 bits per heavy atom. The molecule has 0 N–H and O–H groups in total. The summed E-state index contributed by atoms with van der Waals surface area (Å²) in [5.74, 6) is -1.77. The number of esters is 3. The number of hydrogen-bond acceptors (Lipinski definition) is 8. The molecule has 0 unspecified atom stereocenters. The quantitative estimate of drug-likeness (QED) is 0.402. The normalized spacial score (nSPS) is 30.8. The number of ether oxygens (including phenoxy) is 4. The molecule has 122 valence electrons. The van der Waals surface area contributed by atoms with E-state index in [-0.39, 0.29) is 13.0 Å². The average molecular weight is 378 g/mol. The van der Waals surface area contributed by atoms with Gasteiger partial charge in [0.2, 0.25) is 4.51 Å². The van der Waals surface area contributed by atoms with Crippen molar-refractivity contribution >= 4 is 33.8 Å². The number of carbonyl (C=O) groups excluding carboxylic acids is 3. The summed E-state index contributed by atoms with van der Waals surface area (Å²) in [5.41, 5.74) is 0. The van der Waals surface area contributed by atoms with E-state index in [0.29, 0.717) is 0 Å². The molecule has 1 aliphatic rings. The van der Waals surface area contributed by atoms with Crippen molar-refractivity contribution in [3.8, 4) is 6.07 Å². The molecular weight excluding hydrogens is 362 g/mol. The molecule has 0 spiro atoms. The van der Waals surface area contributed by atoms with Crippen molar-refractivity contribution in [3.63, 3.8) is 0 Å². The third-order valence-corrected chi connectivity index (χ3v) is 3.46. The standard InChI is InChI=1S/C13H16BrNO7/c1-7(16)19-5-11-12(21-9(3)18)10(20-8(2)17)4-13(14,6-15)22-11/h10-12H,4-5H2,1-3H3/t10-,11-,12-,13-/m1/s1. The zero-order valence-electron chi connectivity index (χ0n) is 12.3. The Balaban J connectivity index is 3.03. The molecule has 1 rings (SSSR count). The first-order valence-electron chi connectivity index (χ1n) is 6.42. The second-order valence-electron chi connectivity index (χ2n) is 4.73. The van der Waals surface area contributed by atoms with Gasteiger partial charge in [0.15, 0.2) is 6.10 Å². The van der Waals surface area contributed by atoms with E-state index in [2.05, 4.69) is 15.9 Å². The number of halogens is 1. The summed E-state index contributed by atoms with van der Waals surface area (Å²) in [7, 11) is 0. The van der Waals surface area contributed by atoms with Crippen molar-refractivity contribution in [3.05, 3.63) is 0 Å². The fourth-order valence-electron chi connectivity index (χ4n) is 2.04. The van der Waals surface area contributed by atoms with Gasteiger partial charge in [0.25, 0.3) is 0 Å². The summed E-state index contributed by atoms with van der Waals surface area (Å²) in [6, 6.07) is 1.90. The number of nitrogens with zero attached hydrogens (tertiary/aromatic N) is 1. The van der Waals surface area contributed by atoms with Gasteiger partial charge < -0.3 is 18.9 Å². The molecule has 1 heterocycles. The Morgan fingerprint density at radius 1 is 1.23 bits per heavy atom. The van der Waals surface area contributed by atoms with Crippen molar-refractivity contribution in [2.75, 3.05) is 6.61 Å². The molecule has 1 aliphatic heterocycles. The van der Waals surface area contributed by atoms with Gasteiger partial charge in [0, 0.05) is 27.2 Å². The molecule has 1 saturated heterocycles. The van der Waals surface area contributed by atoms with Crippen molar-refractivity contribution < 1.29 is 33.3 Å². The molecule has 0 aromatic carbocycles. The fraction of sp³-hybridized carbons (Fsp3) is 0.692. The van der Waals surface area contributed by atoms with Gasteiger partial charge in [-0.3, -0.25) is 14.4 Å². The second-order valence-corrected chi connectivity index (χ2v) is 6.01. The summed E-state index contributed by atoms with van der Waals surface area (Å²) in [6.07, 6.45) is -2.89. The molecular formula is C13H16BrNO7.